The molecule has 124 valence electrons. The van der Waals surface area contributed by atoms with Crippen LogP contribution in [0.4, 0.5) is 5.69 Å². The van der Waals surface area contributed by atoms with E-state index in [1.54, 1.807) is 12.1 Å². The van der Waals surface area contributed by atoms with Crippen LogP contribution in [0.1, 0.15) is 0 Å². The van der Waals surface area contributed by atoms with E-state index in [4.69, 9.17) is 32.7 Å². The van der Waals surface area contributed by atoms with Crippen molar-refractivity contribution in [3.05, 3.63) is 44.8 Å². The van der Waals surface area contributed by atoms with Crippen LogP contribution in [0.3, 0.4) is 0 Å². The number of nitrogens with one attached hydrogen (secondary N) is 1. The van der Waals surface area contributed by atoms with Crippen LogP contribution in [0, 0.1) is 0 Å². The third kappa shape index (κ3) is 3.85. The maximum atomic E-state index is 12.6. The van der Waals surface area contributed by atoms with Crippen LogP contribution >= 0.6 is 39.1 Å². The quantitative estimate of drug-likeness (QED) is 0.739. The van der Waals surface area contributed by atoms with Gasteiger partial charge < -0.3 is 9.47 Å². The minimum Gasteiger partial charge on any atom is -0.493 e. The number of anilines is 1. The van der Waals surface area contributed by atoms with Gasteiger partial charge in [-0.3, -0.25) is 4.72 Å². The summed E-state index contributed by atoms with van der Waals surface area (Å²) in [7, 11) is -1.04. The molecule has 5 nitrogen and oxygen atoms in total. The van der Waals surface area contributed by atoms with Gasteiger partial charge in [0.25, 0.3) is 10.0 Å². The van der Waals surface area contributed by atoms with E-state index in [1.807, 2.05) is 0 Å². The summed E-state index contributed by atoms with van der Waals surface area (Å²) in [5.74, 6) is 0.687. The lowest BCUT2D eigenvalue weighted by Crippen LogP contribution is -2.14. The van der Waals surface area contributed by atoms with Crippen molar-refractivity contribution in [3.63, 3.8) is 0 Å². The number of hydrogen-bond acceptors (Lipinski definition) is 4. The zero-order valence-corrected chi connectivity index (χ0v) is 16.0. The van der Waals surface area contributed by atoms with E-state index in [9.17, 15) is 8.42 Å². The minimum absolute atomic E-state index is 0.0220. The fourth-order valence-electron chi connectivity index (χ4n) is 1.82. The van der Waals surface area contributed by atoms with Crippen LogP contribution in [-0.4, -0.2) is 22.6 Å². The van der Waals surface area contributed by atoms with E-state index < -0.39 is 10.0 Å². The standard InChI is InChI=1S/C14H12BrCl2NO4S/c1-21-11-6-8(15)13(7-12(11)22-2)23(19,20)18-10-5-3-4-9(16)14(10)17/h3-7,18H,1-2H3. The van der Waals surface area contributed by atoms with Gasteiger partial charge in [0.05, 0.1) is 30.0 Å². The normalized spacial score (nSPS) is 11.2. The number of hydrogen-bond donors (Lipinski definition) is 1. The van der Waals surface area contributed by atoms with Crippen molar-refractivity contribution in [2.24, 2.45) is 0 Å². The number of methoxy groups -OCH3 is 2. The van der Waals surface area contributed by atoms with Gasteiger partial charge in [0.1, 0.15) is 4.90 Å². The Kier molecular flexibility index (Phi) is 5.67. The molecule has 0 heterocycles. The number of benzene rings is 2. The molecule has 9 heteroatoms. The second-order valence-electron chi connectivity index (χ2n) is 4.34. The maximum absolute atomic E-state index is 12.6. The van der Waals surface area contributed by atoms with E-state index in [1.165, 1.54) is 32.4 Å². The summed E-state index contributed by atoms with van der Waals surface area (Å²) in [6.45, 7) is 0. The third-order valence-electron chi connectivity index (χ3n) is 2.92. The zero-order valence-electron chi connectivity index (χ0n) is 12.1. The summed E-state index contributed by atoms with van der Waals surface area (Å²) < 4.78 is 38.2. The number of ether oxygens (including phenoxy) is 2. The van der Waals surface area contributed by atoms with Gasteiger partial charge in [-0.05, 0) is 34.1 Å². The highest BCUT2D eigenvalue weighted by Gasteiger charge is 2.22. The summed E-state index contributed by atoms with van der Waals surface area (Å²) in [6, 6.07) is 7.53. The lowest BCUT2D eigenvalue weighted by Gasteiger charge is -2.14. The molecule has 0 aromatic heterocycles. The molecule has 23 heavy (non-hydrogen) atoms. The fourth-order valence-corrected chi connectivity index (χ4v) is 4.34. The van der Waals surface area contributed by atoms with Crippen LogP contribution < -0.4 is 14.2 Å². The van der Waals surface area contributed by atoms with Crippen molar-refractivity contribution < 1.29 is 17.9 Å². The molecule has 2 aromatic carbocycles. The summed E-state index contributed by atoms with van der Waals surface area (Å²) in [4.78, 5) is -0.0220. The Morgan fingerprint density at radius 1 is 1.09 bits per heavy atom. The molecule has 0 atom stereocenters. The highest BCUT2D eigenvalue weighted by atomic mass is 79.9. The Balaban J connectivity index is 2.50. The molecule has 0 aliphatic rings. The first kappa shape index (κ1) is 18.2. The van der Waals surface area contributed by atoms with Gasteiger partial charge in [-0.2, -0.15) is 0 Å². The predicted octanol–water partition coefficient (Wildman–Crippen LogP) is 4.57. The molecule has 0 saturated carbocycles. The zero-order chi connectivity index (χ0) is 17.2. The first-order chi connectivity index (χ1) is 10.8. The molecule has 2 rings (SSSR count). The lowest BCUT2D eigenvalue weighted by molar-refractivity contribution is 0.353. The first-order valence-corrected chi connectivity index (χ1v) is 9.21. The Labute approximate surface area is 152 Å². The molecule has 0 spiro atoms. The van der Waals surface area contributed by atoms with Crippen LogP contribution in [-0.2, 0) is 10.0 Å². The molecule has 0 aliphatic heterocycles. The van der Waals surface area contributed by atoms with E-state index >= 15 is 0 Å². The number of sulfonamides is 1. The van der Waals surface area contributed by atoms with Gasteiger partial charge in [0, 0.05) is 10.5 Å². The van der Waals surface area contributed by atoms with Crippen LogP contribution in [0.25, 0.3) is 0 Å². The molecule has 0 saturated heterocycles. The Bertz CT molecular complexity index is 843. The van der Waals surface area contributed by atoms with E-state index in [2.05, 4.69) is 20.7 Å². The van der Waals surface area contributed by atoms with Crippen molar-refractivity contribution >= 4 is 54.8 Å². The van der Waals surface area contributed by atoms with Gasteiger partial charge in [0.2, 0.25) is 0 Å². The fraction of sp³-hybridized carbons (Fsp3) is 0.143. The molecular formula is C14H12BrCl2NO4S. The van der Waals surface area contributed by atoms with Gasteiger partial charge in [-0.25, -0.2) is 8.42 Å². The van der Waals surface area contributed by atoms with Crippen LogP contribution in [0.5, 0.6) is 11.5 Å². The molecule has 0 fully saturated rings. The number of rotatable bonds is 5. The second kappa shape index (κ2) is 7.17. The molecule has 2 aromatic rings. The molecule has 0 aliphatic carbocycles. The van der Waals surface area contributed by atoms with E-state index in [0.717, 1.165) is 0 Å². The molecule has 0 radical (unpaired) electrons. The van der Waals surface area contributed by atoms with E-state index in [-0.39, 0.29) is 26.4 Å². The van der Waals surface area contributed by atoms with Crippen molar-refractivity contribution in [1.29, 1.82) is 0 Å². The maximum Gasteiger partial charge on any atom is 0.263 e. The topological polar surface area (TPSA) is 64.6 Å². The van der Waals surface area contributed by atoms with Crippen molar-refractivity contribution in [2.45, 2.75) is 4.90 Å². The summed E-state index contributed by atoms with van der Waals surface area (Å²) in [5, 5.41) is 0.368. The Hall–Kier alpha value is -1.15. The predicted molar refractivity (Wildman–Crippen MR) is 94.5 cm³/mol. The van der Waals surface area contributed by atoms with Crippen molar-refractivity contribution in [3.8, 4) is 11.5 Å². The van der Waals surface area contributed by atoms with Crippen molar-refractivity contribution in [1.82, 2.24) is 0 Å². The monoisotopic (exact) mass is 439 g/mol. The van der Waals surface area contributed by atoms with Crippen LogP contribution in [0.2, 0.25) is 10.0 Å². The Morgan fingerprint density at radius 3 is 2.30 bits per heavy atom. The minimum atomic E-state index is -3.92. The molecule has 0 bridgehead atoms. The Morgan fingerprint density at radius 2 is 1.70 bits per heavy atom. The highest BCUT2D eigenvalue weighted by molar-refractivity contribution is 9.10. The van der Waals surface area contributed by atoms with E-state index in [0.29, 0.717) is 10.2 Å². The smallest absolute Gasteiger partial charge is 0.263 e. The lowest BCUT2D eigenvalue weighted by atomic mass is 10.3. The molecular weight excluding hydrogens is 429 g/mol. The van der Waals surface area contributed by atoms with Gasteiger partial charge >= 0.3 is 0 Å². The van der Waals surface area contributed by atoms with Gasteiger partial charge in [-0.15, -0.1) is 0 Å². The SMILES string of the molecule is COc1cc(Br)c(S(=O)(=O)Nc2cccc(Cl)c2Cl)cc1OC. The van der Waals surface area contributed by atoms with Gasteiger partial charge in [0.15, 0.2) is 11.5 Å². The second-order valence-corrected chi connectivity index (χ2v) is 7.63. The van der Waals surface area contributed by atoms with Crippen molar-refractivity contribution in [2.75, 3.05) is 18.9 Å². The molecule has 0 unspecified atom stereocenters. The summed E-state index contributed by atoms with van der Waals surface area (Å²) in [6.07, 6.45) is 0. The summed E-state index contributed by atoms with van der Waals surface area (Å²) >= 11 is 15.1. The average molecular weight is 441 g/mol. The van der Waals surface area contributed by atoms with Gasteiger partial charge in [-0.1, -0.05) is 29.3 Å². The summed E-state index contributed by atoms with van der Waals surface area (Å²) in [5.41, 5.74) is 0.181. The average Bonchev–Trinajstić information content (AvgIpc) is 2.51. The van der Waals surface area contributed by atoms with Crippen LogP contribution in [0.15, 0.2) is 39.7 Å². The third-order valence-corrected chi connectivity index (χ3v) is 6.07. The highest BCUT2D eigenvalue weighted by Crippen LogP contribution is 2.37. The molecule has 1 N–H and O–H groups in total. The largest absolute Gasteiger partial charge is 0.493 e. The number of halogens is 3. The first-order valence-electron chi connectivity index (χ1n) is 6.18. The molecule has 0 amide bonds.